The van der Waals surface area contributed by atoms with Gasteiger partial charge in [0, 0.05) is 43.8 Å². The largest absolute Gasteiger partial charge is 0.419 e. The maximum atomic E-state index is 17.2. The first-order valence-electron chi connectivity index (χ1n) is 23.5. The molecule has 0 amide bonds. The Hall–Kier alpha value is -6.42. The molecule has 10 heteroatoms. The van der Waals surface area contributed by atoms with E-state index in [1.807, 2.05) is 107 Å². The van der Waals surface area contributed by atoms with Gasteiger partial charge in [-0.2, -0.15) is 26.3 Å². The second-order valence-corrected chi connectivity index (χ2v) is 22.8. The minimum Gasteiger partial charge on any atom is -0.308 e. The fourth-order valence-corrected chi connectivity index (χ4v) is 9.97. The molecule has 0 bridgehead atoms. The monoisotopic (exact) mass is 956 g/mol. The van der Waals surface area contributed by atoms with Crippen LogP contribution in [0.3, 0.4) is 0 Å². The van der Waals surface area contributed by atoms with Gasteiger partial charge in [0.25, 0.3) is 0 Å². The first-order valence-corrected chi connectivity index (χ1v) is 23.5. The highest BCUT2D eigenvalue weighted by atomic mass is 19.4. The average Bonchev–Trinajstić information content (AvgIpc) is 3.75. The van der Waals surface area contributed by atoms with E-state index in [1.165, 1.54) is 28.8 Å². The van der Waals surface area contributed by atoms with Crippen molar-refractivity contribution in [3.05, 3.63) is 166 Å². The van der Waals surface area contributed by atoms with Gasteiger partial charge in [0.15, 0.2) is 0 Å². The van der Waals surface area contributed by atoms with Crippen LogP contribution in [0.15, 0.2) is 121 Å². The summed E-state index contributed by atoms with van der Waals surface area (Å²) in [6, 6.07) is 30.5. The molecule has 0 saturated carbocycles. The van der Waals surface area contributed by atoms with Crippen molar-refractivity contribution in [3.8, 4) is 33.6 Å². The lowest BCUT2D eigenvalue weighted by atomic mass is 9.84. The van der Waals surface area contributed by atoms with Gasteiger partial charge in [-0.15, -0.1) is 0 Å². The molecule has 0 unspecified atom stereocenters. The number of hydrogen-bond donors (Lipinski definition) is 0. The molecule has 2 heterocycles. The first kappa shape index (κ1) is 48.6. The summed E-state index contributed by atoms with van der Waals surface area (Å²) in [6.45, 7) is 23.9. The van der Waals surface area contributed by atoms with Crippen LogP contribution in [0.1, 0.15) is 116 Å². The van der Waals surface area contributed by atoms with E-state index in [9.17, 15) is 0 Å². The van der Waals surface area contributed by atoms with Crippen LogP contribution in [-0.2, 0) is 34.0 Å². The molecular weight excluding hydrogens is 901 g/mol. The summed E-state index contributed by atoms with van der Waals surface area (Å²) in [5.74, 6) is -2.23. The van der Waals surface area contributed by atoms with Crippen LogP contribution in [0.25, 0.3) is 77.2 Å². The molecule has 0 atom stereocenters. The predicted molar refractivity (Wildman–Crippen MR) is 271 cm³/mol. The van der Waals surface area contributed by atoms with Crippen LogP contribution in [0.4, 0.5) is 35.1 Å². The number of fused-ring (bicyclic) bond motifs is 6. The molecule has 0 spiro atoms. The SMILES string of the molecule is CC(C)(C)c1ccc2c(c1)c1cc(C(C)(C)C)ccc1n2-c1c(-c2ccccc2F)c(C(F)(F)F)c(-n2c3ccc(C(C)(C)C)cc3c3cc(C(C)(C)C)ccc32)c(C(F)(F)F)c1-c1ccccc1F. The summed E-state index contributed by atoms with van der Waals surface area (Å²) in [6.07, 6.45) is -11.2. The number of alkyl halides is 6. The molecule has 7 aromatic carbocycles. The Morgan fingerprint density at radius 3 is 0.829 bits per heavy atom. The summed E-state index contributed by atoms with van der Waals surface area (Å²) >= 11 is 0. The lowest BCUT2D eigenvalue weighted by Crippen LogP contribution is -2.23. The fraction of sp³-hybridized carbons (Fsp3) is 0.300. The van der Waals surface area contributed by atoms with E-state index in [0.29, 0.717) is 21.5 Å². The standard InChI is InChI=1S/C60H56F8N2/c1-55(2,3)33-21-25-45-39(29-33)40-30-34(56(4,5)6)22-26-46(40)69(45)53-49(37-17-13-15-19-43(37)61)51(59(63,64)65)54(52(60(66,67)68)50(53)38-18-14-16-20-44(38)62)70-47-27-23-35(57(7,8)9)31-41(47)42-32-36(58(10,11)12)24-28-48(42)70/h13-32H,1-12H3. The Labute approximate surface area is 403 Å². The zero-order valence-electron chi connectivity index (χ0n) is 41.5. The van der Waals surface area contributed by atoms with Crippen molar-refractivity contribution in [2.45, 2.75) is 117 Å². The second-order valence-electron chi connectivity index (χ2n) is 22.8. The highest BCUT2D eigenvalue weighted by Crippen LogP contribution is 2.57. The van der Waals surface area contributed by atoms with E-state index in [4.69, 9.17) is 0 Å². The highest BCUT2D eigenvalue weighted by molar-refractivity contribution is 6.13. The van der Waals surface area contributed by atoms with Gasteiger partial charge in [-0.1, -0.05) is 144 Å². The number of rotatable bonds is 4. The van der Waals surface area contributed by atoms with Crippen LogP contribution in [0.5, 0.6) is 0 Å². The van der Waals surface area contributed by atoms with Crippen molar-refractivity contribution in [2.75, 3.05) is 0 Å². The van der Waals surface area contributed by atoms with Gasteiger partial charge in [-0.05, 0) is 105 Å². The van der Waals surface area contributed by atoms with Gasteiger partial charge < -0.3 is 9.13 Å². The van der Waals surface area contributed by atoms with E-state index >= 15 is 35.1 Å². The summed E-state index contributed by atoms with van der Waals surface area (Å²) in [5.41, 5.74) is -6.22. The molecule has 0 aliphatic heterocycles. The van der Waals surface area contributed by atoms with Gasteiger partial charge >= 0.3 is 12.4 Å². The third kappa shape index (κ3) is 8.05. The minimum absolute atomic E-state index is 0.0538. The lowest BCUT2D eigenvalue weighted by Gasteiger charge is -2.31. The van der Waals surface area contributed by atoms with Crippen molar-refractivity contribution in [1.82, 2.24) is 9.13 Å². The fourth-order valence-electron chi connectivity index (χ4n) is 9.97. The van der Waals surface area contributed by atoms with Crippen LogP contribution in [0, 0.1) is 11.6 Å². The molecule has 0 N–H and O–H groups in total. The molecule has 0 radical (unpaired) electrons. The quantitative estimate of drug-likeness (QED) is 0.156. The zero-order valence-corrected chi connectivity index (χ0v) is 41.5. The van der Waals surface area contributed by atoms with Crippen LogP contribution >= 0.6 is 0 Å². The summed E-state index contributed by atoms with van der Waals surface area (Å²) in [7, 11) is 0. The maximum absolute atomic E-state index is 17.2. The second kappa shape index (κ2) is 16.1. The molecule has 9 rings (SSSR count). The molecule has 0 fully saturated rings. The van der Waals surface area contributed by atoms with Gasteiger partial charge in [-0.25, -0.2) is 8.78 Å². The van der Waals surface area contributed by atoms with Crippen molar-refractivity contribution >= 4 is 43.6 Å². The summed E-state index contributed by atoms with van der Waals surface area (Å²) < 4.78 is 139. The van der Waals surface area contributed by atoms with Gasteiger partial charge in [-0.3, -0.25) is 0 Å². The molecule has 0 aliphatic carbocycles. The van der Waals surface area contributed by atoms with E-state index in [0.717, 1.165) is 51.1 Å². The Morgan fingerprint density at radius 1 is 0.329 bits per heavy atom. The molecule has 70 heavy (non-hydrogen) atoms. The Balaban J connectivity index is 1.65. The molecule has 362 valence electrons. The van der Waals surface area contributed by atoms with Gasteiger partial charge in [0.1, 0.15) is 11.6 Å². The first-order chi connectivity index (χ1) is 32.4. The molecule has 9 aromatic rings. The number of nitrogens with zero attached hydrogens (tertiary/aromatic N) is 2. The Morgan fingerprint density at radius 2 is 0.586 bits per heavy atom. The third-order valence-electron chi connectivity index (χ3n) is 13.7. The molecule has 2 aromatic heterocycles. The van der Waals surface area contributed by atoms with E-state index < -0.39 is 90.4 Å². The molecule has 0 aliphatic rings. The molecular formula is C60H56F8N2. The van der Waals surface area contributed by atoms with E-state index in [-0.39, 0.29) is 22.1 Å². The number of hydrogen-bond acceptors (Lipinski definition) is 0. The third-order valence-corrected chi connectivity index (χ3v) is 13.7. The maximum Gasteiger partial charge on any atom is 0.419 e. The van der Waals surface area contributed by atoms with Gasteiger partial charge in [0.05, 0.1) is 44.6 Å². The number of halogens is 8. The van der Waals surface area contributed by atoms with Gasteiger partial charge in [0.2, 0.25) is 0 Å². The van der Waals surface area contributed by atoms with Crippen LogP contribution < -0.4 is 0 Å². The normalized spacial score (nSPS) is 13.4. The van der Waals surface area contributed by atoms with Crippen molar-refractivity contribution in [2.24, 2.45) is 0 Å². The Bertz CT molecular complexity index is 3340. The highest BCUT2D eigenvalue weighted by Gasteiger charge is 2.49. The number of benzene rings is 7. The van der Waals surface area contributed by atoms with Crippen molar-refractivity contribution in [3.63, 3.8) is 0 Å². The Kier molecular flexibility index (Phi) is 11.1. The number of aromatic nitrogens is 2. The smallest absolute Gasteiger partial charge is 0.308 e. The van der Waals surface area contributed by atoms with Crippen LogP contribution in [0.2, 0.25) is 0 Å². The topological polar surface area (TPSA) is 9.86 Å². The van der Waals surface area contributed by atoms with Crippen molar-refractivity contribution < 1.29 is 35.1 Å². The summed E-state index contributed by atoms with van der Waals surface area (Å²) in [4.78, 5) is 0. The minimum atomic E-state index is -5.59. The molecule has 2 nitrogen and oxygen atoms in total. The van der Waals surface area contributed by atoms with Crippen molar-refractivity contribution in [1.29, 1.82) is 0 Å². The van der Waals surface area contributed by atoms with E-state index in [2.05, 4.69) is 0 Å². The predicted octanol–water partition coefficient (Wildman–Crippen LogP) is 18.7. The molecule has 0 saturated heterocycles. The summed E-state index contributed by atoms with van der Waals surface area (Å²) in [5, 5.41) is 1.94. The zero-order chi connectivity index (χ0) is 51.0. The van der Waals surface area contributed by atoms with E-state index in [1.54, 1.807) is 48.5 Å². The van der Waals surface area contributed by atoms with Crippen LogP contribution in [-0.4, -0.2) is 9.13 Å². The average molecular weight is 957 g/mol. The lowest BCUT2D eigenvalue weighted by molar-refractivity contribution is -0.142.